The van der Waals surface area contributed by atoms with Gasteiger partial charge in [0.1, 0.15) is 5.75 Å². The second-order valence-corrected chi connectivity index (χ2v) is 5.08. The van der Waals surface area contributed by atoms with Crippen molar-refractivity contribution in [2.45, 2.75) is 13.8 Å². The Balaban J connectivity index is 2.13. The van der Waals surface area contributed by atoms with Crippen molar-refractivity contribution in [2.24, 2.45) is 0 Å². The molecule has 1 aromatic heterocycles. The van der Waals surface area contributed by atoms with Crippen LogP contribution in [-0.2, 0) is 0 Å². The third-order valence-electron chi connectivity index (χ3n) is 3.60. The second-order valence-electron chi connectivity index (χ2n) is 5.08. The molecule has 0 unspecified atom stereocenters. The maximum atomic E-state index is 12.0. The molecule has 2 aromatic rings. The molecule has 110 valence electrons. The standard InChI is InChI=1S/C18H15NO3/c1-3-22-12-6-7-19-16(9-12)13-10-15-14(8-11(13)2)17(20)4-5-18(15)21/h4-10H,3H2,1-2H3. The summed E-state index contributed by atoms with van der Waals surface area (Å²) in [5.74, 6) is 0.434. The third kappa shape index (κ3) is 2.44. The zero-order chi connectivity index (χ0) is 15.7. The van der Waals surface area contributed by atoms with E-state index in [0.717, 1.165) is 22.6 Å². The fourth-order valence-corrected chi connectivity index (χ4v) is 2.54. The fourth-order valence-electron chi connectivity index (χ4n) is 2.54. The Bertz CT molecular complexity index is 806. The van der Waals surface area contributed by atoms with Crippen molar-refractivity contribution in [3.05, 3.63) is 59.3 Å². The SMILES string of the molecule is CCOc1ccnc(-c2cc3c(cc2C)C(=O)C=CC3=O)c1. The van der Waals surface area contributed by atoms with E-state index in [2.05, 4.69) is 4.98 Å². The molecule has 0 atom stereocenters. The molecule has 0 radical (unpaired) electrons. The van der Waals surface area contributed by atoms with Gasteiger partial charge in [-0.05, 0) is 49.8 Å². The lowest BCUT2D eigenvalue weighted by Crippen LogP contribution is -2.12. The number of hydrogen-bond donors (Lipinski definition) is 0. The number of hydrogen-bond acceptors (Lipinski definition) is 4. The highest BCUT2D eigenvalue weighted by atomic mass is 16.5. The molecule has 1 heterocycles. The van der Waals surface area contributed by atoms with Gasteiger partial charge >= 0.3 is 0 Å². The van der Waals surface area contributed by atoms with Gasteiger partial charge in [0, 0.05) is 29.0 Å². The fraction of sp³-hybridized carbons (Fsp3) is 0.167. The summed E-state index contributed by atoms with van der Waals surface area (Å²) in [6.45, 7) is 4.39. The Morgan fingerprint density at radius 3 is 2.36 bits per heavy atom. The molecular weight excluding hydrogens is 278 g/mol. The lowest BCUT2D eigenvalue weighted by atomic mass is 9.89. The minimum Gasteiger partial charge on any atom is -0.494 e. The number of ketones is 2. The number of fused-ring (bicyclic) bond motifs is 1. The van der Waals surface area contributed by atoms with Crippen molar-refractivity contribution < 1.29 is 14.3 Å². The van der Waals surface area contributed by atoms with Gasteiger partial charge < -0.3 is 4.74 Å². The Labute approximate surface area is 128 Å². The minimum absolute atomic E-state index is 0.139. The first-order valence-electron chi connectivity index (χ1n) is 7.10. The summed E-state index contributed by atoms with van der Waals surface area (Å²) >= 11 is 0. The number of pyridine rings is 1. The number of aromatic nitrogens is 1. The molecule has 1 aromatic carbocycles. The molecule has 0 fully saturated rings. The number of carbonyl (C=O) groups excluding carboxylic acids is 2. The summed E-state index contributed by atoms with van der Waals surface area (Å²) < 4.78 is 5.49. The lowest BCUT2D eigenvalue weighted by molar-refractivity contribution is 0.0994. The molecule has 0 N–H and O–H groups in total. The van der Waals surface area contributed by atoms with Crippen molar-refractivity contribution in [3.63, 3.8) is 0 Å². The maximum absolute atomic E-state index is 12.0. The molecule has 0 spiro atoms. The molecule has 0 saturated carbocycles. The lowest BCUT2D eigenvalue weighted by Gasteiger charge is -2.14. The van der Waals surface area contributed by atoms with Gasteiger partial charge in [-0.2, -0.15) is 0 Å². The Kier molecular flexibility index (Phi) is 3.59. The van der Waals surface area contributed by atoms with Gasteiger partial charge in [0.25, 0.3) is 0 Å². The summed E-state index contributed by atoms with van der Waals surface area (Å²) in [7, 11) is 0. The number of rotatable bonds is 3. The van der Waals surface area contributed by atoms with E-state index in [1.165, 1.54) is 12.2 Å². The highest BCUT2D eigenvalue weighted by molar-refractivity contribution is 6.22. The quantitative estimate of drug-likeness (QED) is 0.870. The van der Waals surface area contributed by atoms with Crippen LogP contribution < -0.4 is 4.74 Å². The van der Waals surface area contributed by atoms with Crippen LogP contribution in [0, 0.1) is 6.92 Å². The maximum Gasteiger partial charge on any atom is 0.186 e. The summed E-state index contributed by atoms with van der Waals surface area (Å²) in [6.07, 6.45) is 4.30. The molecule has 3 rings (SSSR count). The van der Waals surface area contributed by atoms with Crippen molar-refractivity contribution in [1.29, 1.82) is 0 Å². The zero-order valence-electron chi connectivity index (χ0n) is 12.4. The molecule has 4 nitrogen and oxygen atoms in total. The van der Waals surface area contributed by atoms with E-state index >= 15 is 0 Å². The smallest absolute Gasteiger partial charge is 0.186 e. The van der Waals surface area contributed by atoms with Gasteiger partial charge in [0.2, 0.25) is 0 Å². The third-order valence-corrected chi connectivity index (χ3v) is 3.60. The summed E-state index contributed by atoms with van der Waals surface area (Å²) in [6, 6.07) is 7.12. The van der Waals surface area contributed by atoms with Crippen LogP contribution in [0.5, 0.6) is 5.75 Å². The molecule has 0 aliphatic heterocycles. The molecular formula is C18H15NO3. The molecule has 4 heteroatoms. The van der Waals surface area contributed by atoms with Crippen LogP contribution in [0.25, 0.3) is 11.3 Å². The average Bonchev–Trinajstić information content (AvgIpc) is 2.51. The highest BCUT2D eigenvalue weighted by Crippen LogP contribution is 2.29. The van der Waals surface area contributed by atoms with Gasteiger partial charge in [-0.1, -0.05) is 0 Å². The number of aryl methyl sites for hydroxylation is 1. The highest BCUT2D eigenvalue weighted by Gasteiger charge is 2.21. The van der Waals surface area contributed by atoms with Crippen LogP contribution in [0.15, 0.2) is 42.6 Å². The predicted molar refractivity (Wildman–Crippen MR) is 83.4 cm³/mol. The Morgan fingerprint density at radius 2 is 1.68 bits per heavy atom. The van der Waals surface area contributed by atoms with Crippen LogP contribution in [0.3, 0.4) is 0 Å². The number of benzene rings is 1. The monoisotopic (exact) mass is 293 g/mol. The van der Waals surface area contributed by atoms with E-state index in [-0.39, 0.29) is 11.6 Å². The zero-order valence-corrected chi connectivity index (χ0v) is 12.4. The van der Waals surface area contributed by atoms with Crippen LogP contribution in [-0.4, -0.2) is 23.2 Å². The first kappa shape index (κ1) is 14.2. The van der Waals surface area contributed by atoms with E-state index < -0.39 is 0 Å². The minimum atomic E-state index is -0.156. The number of carbonyl (C=O) groups is 2. The predicted octanol–water partition coefficient (Wildman–Crippen LogP) is 3.39. The van der Waals surface area contributed by atoms with Gasteiger partial charge in [0.05, 0.1) is 12.3 Å². The second kappa shape index (κ2) is 5.56. The first-order chi connectivity index (χ1) is 10.6. The van der Waals surface area contributed by atoms with Crippen LogP contribution >= 0.6 is 0 Å². The van der Waals surface area contributed by atoms with E-state index in [9.17, 15) is 9.59 Å². The van der Waals surface area contributed by atoms with E-state index in [1.807, 2.05) is 19.9 Å². The Morgan fingerprint density at radius 1 is 1.00 bits per heavy atom. The largest absolute Gasteiger partial charge is 0.494 e. The normalized spacial score (nSPS) is 13.2. The summed E-state index contributed by atoms with van der Waals surface area (Å²) in [5, 5.41) is 0. The van der Waals surface area contributed by atoms with E-state index in [1.54, 1.807) is 24.4 Å². The number of ether oxygens (including phenoxy) is 1. The molecule has 0 saturated heterocycles. The van der Waals surface area contributed by atoms with Crippen molar-refractivity contribution in [1.82, 2.24) is 4.98 Å². The molecule has 0 bridgehead atoms. The van der Waals surface area contributed by atoms with Crippen molar-refractivity contribution in [2.75, 3.05) is 6.61 Å². The number of allylic oxidation sites excluding steroid dienone is 2. The number of nitrogens with zero attached hydrogens (tertiary/aromatic N) is 1. The van der Waals surface area contributed by atoms with Crippen molar-refractivity contribution >= 4 is 11.6 Å². The van der Waals surface area contributed by atoms with Gasteiger partial charge in [-0.25, -0.2) is 0 Å². The van der Waals surface area contributed by atoms with Gasteiger partial charge in [-0.3, -0.25) is 14.6 Å². The molecule has 0 amide bonds. The van der Waals surface area contributed by atoms with Crippen LogP contribution in [0.1, 0.15) is 33.2 Å². The topological polar surface area (TPSA) is 56.3 Å². The average molecular weight is 293 g/mol. The summed E-state index contributed by atoms with van der Waals surface area (Å²) in [4.78, 5) is 28.3. The Hall–Kier alpha value is -2.75. The van der Waals surface area contributed by atoms with Gasteiger partial charge in [-0.15, -0.1) is 0 Å². The van der Waals surface area contributed by atoms with Crippen molar-refractivity contribution in [3.8, 4) is 17.0 Å². The molecule has 1 aliphatic rings. The van der Waals surface area contributed by atoms with Crippen LogP contribution in [0.4, 0.5) is 0 Å². The van der Waals surface area contributed by atoms with Gasteiger partial charge in [0.15, 0.2) is 11.6 Å². The van der Waals surface area contributed by atoms with Crippen LogP contribution in [0.2, 0.25) is 0 Å². The molecule has 1 aliphatic carbocycles. The van der Waals surface area contributed by atoms with E-state index in [4.69, 9.17) is 4.74 Å². The molecule has 22 heavy (non-hydrogen) atoms. The first-order valence-corrected chi connectivity index (χ1v) is 7.10. The van der Waals surface area contributed by atoms with E-state index in [0.29, 0.717) is 17.7 Å². The summed E-state index contributed by atoms with van der Waals surface area (Å²) in [5.41, 5.74) is 3.33.